The van der Waals surface area contributed by atoms with Crippen molar-refractivity contribution in [2.45, 2.75) is 19.9 Å². The third-order valence-corrected chi connectivity index (χ3v) is 2.43. The molecule has 0 aliphatic heterocycles. The average molecular weight is 391 g/mol. The van der Waals surface area contributed by atoms with Crippen LogP contribution in [-0.2, 0) is 13.0 Å². The maximum atomic E-state index is 5.23. The van der Waals surface area contributed by atoms with Crippen molar-refractivity contribution in [3.05, 3.63) is 35.9 Å². The van der Waals surface area contributed by atoms with Gasteiger partial charge in [-0.1, -0.05) is 5.16 Å². The molecule has 2 aromatic rings. The molecular formula is C12H18IN5O2. The van der Waals surface area contributed by atoms with Gasteiger partial charge in [0.05, 0.1) is 12.8 Å². The summed E-state index contributed by atoms with van der Waals surface area (Å²) in [4.78, 5) is 8.24. The molecular weight excluding hydrogens is 373 g/mol. The van der Waals surface area contributed by atoms with E-state index in [9.17, 15) is 0 Å². The molecule has 0 amide bonds. The summed E-state index contributed by atoms with van der Waals surface area (Å²) in [5, 5.41) is 10.0. The number of hydrogen-bond donors (Lipinski definition) is 2. The van der Waals surface area contributed by atoms with Crippen LogP contribution in [0.5, 0.6) is 0 Å². The van der Waals surface area contributed by atoms with Gasteiger partial charge in [0.1, 0.15) is 5.76 Å². The molecule has 0 aliphatic rings. The van der Waals surface area contributed by atoms with Crippen LogP contribution in [-0.4, -0.2) is 29.7 Å². The fraction of sp³-hybridized carbons (Fsp3) is 0.417. The Morgan fingerprint density at radius 1 is 1.40 bits per heavy atom. The Morgan fingerprint density at radius 3 is 2.85 bits per heavy atom. The van der Waals surface area contributed by atoms with Crippen molar-refractivity contribution in [2.24, 2.45) is 4.99 Å². The Hall–Kier alpha value is -1.58. The van der Waals surface area contributed by atoms with Crippen LogP contribution < -0.4 is 10.6 Å². The van der Waals surface area contributed by atoms with Gasteiger partial charge in [0.15, 0.2) is 11.8 Å². The van der Waals surface area contributed by atoms with Crippen molar-refractivity contribution in [1.29, 1.82) is 0 Å². The van der Waals surface area contributed by atoms with E-state index in [1.54, 1.807) is 20.2 Å². The van der Waals surface area contributed by atoms with Crippen LogP contribution in [0, 0.1) is 6.92 Å². The molecule has 8 heteroatoms. The molecule has 110 valence electrons. The van der Waals surface area contributed by atoms with Crippen LogP contribution in [0.15, 0.2) is 32.3 Å². The predicted molar refractivity (Wildman–Crippen MR) is 85.1 cm³/mol. The molecule has 20 heavy (non-hydrogen) atoms. The molecule has 2 N–H and O–H groups in total. The molecule has 0 unspecified atom stereocenters. The second kappa shape index (κ2) is 8.56. The van der Waals surface area contributed by atoms with Gasteiger partial charge in [-0.2, -0.15) is 4.98 Å². The zero-order valence-electron chi connectivity index (χ0n) is 11.4. The van der Waals surface area contributed by atoms with E-state index >= 15 is 0 Å². The van der Waals surface area contributed by atoms with E-state index in [1.165, 1.54) is 0 Å². The van der Waals surface area contributed by atoms with Crippen molar-refractivity contribution in [2.75, 3.05) is 13.6 Å². The minimum Gasteiger partial charge on any atom is -0.467 e. The molecule has 2 rings (SSSR count). The Kier molecular flexibility index (Phi) is 7.05. The van der Waals surface area contributed by atoms with Crippen LogP contribution in [0.2, 0.25) is 0 Å². The normalized spacial score (nSPS) is 11.0. The van der Waals surface area contributed by atoms with E-state index in [0.29, 0.717) is 37.2 Å². The second-order valence-corrected chi connectivity index (χ2v) is 3.92. The van der Waals surface area contributed by atoms with E-state index < -0.39 is 0 Å². The van der Waals surface area contributed by atoms with Crippen LogP contribution in [0.4, 0.5) is 0 Å². The molecule has 0 bridgehead atoms. The average Bonchev–Trinajstić information content (AvgIpc) is 3.05. The minimum absolute atomic E-state index is 0. The number of guanidine groups is 1. The summed E-state index contributed by atoms with van der Waals surface area (Å²) < 4.78 is 10.2. The molecule has 0 radical (unpaired) electrons. The second-order valence-electron chi connectivity index (χ2n) is 3.92. The number of furan rings is 1. The van der Waals surface area contributed by atoms with E-state index in [0.717, 1.165) is 5.76 Å². The molecule has 0 atom stereocenters. The number of nitrogens with zero attached hydrogens (tertiary/aromatic N) is 3. The van der Waals surface area contributed by atoms with Gasteiger partial charge in [-0.15, -0.1) is 24.0 Å². The number of aromatic nitrogens is 2. The van der Waals surface area contributed by atoms with E-state index in [1.807, 2.05) is 12.1 Å². The summed E-state index contributed by atoms with van der Waals surface area (Å²) in [5.41, 5.74) is 0. The monoisotopic (exact) mass is 391 g/mol. The van der Waals surface area contributed by atoms with Gasteiger partial charge in [0, 0.05) is 20.0 Å². The highest BCUT2D eigenvalue weighted by Crippen LogP contribution is 1.98. The molecule has 0 aromatic carbocycles. The Labute approximate surface area is 134 Å². The lowest BCUT2D eigenvalue weighted by Crippen LogP contribution is -2.37. The number of nitrogens with one attached hydrogen (secondary N) is 2. The summed E-state index contributed by atoms with van der Waals surface area (Å²) in [6, 6.07) is 3.76. The summed E-state index contributed by atoms with van der Waals surface area (Å²) >= 11 is 0. The quantitative estimate of drug-likeness (QED) is 0.456. The van der Waals surface area contributed by atoms with Gasteiger partial charge in [-0.25, -0.2) is 0 Å². The fourth-order valence-corrected chi connectivity index (χ4v) is 1.53. The van der Waals surface area contributed by atoms with Crippen LogP contribution in [0.25, 0.3) is 0 Å². The molecule has 0 fully saturated rings. The first kappa shape index (κ1) is 16.5. The van der Waals surface area contributed by atoms with Crippen molar-refractivity contribution in [3.63, 3.8) is 0 Å². The van der Waals surface area contributed by atoms with E-state index in [4.69, 9.17) is 8.94 Å². The lowest BCUT2D eigenvalue weighted by atomic mass is 10.4. The number of aliphatic imine (C=N–C) groups is 1. The fourth-order valence-electron chi connectivity index (χ4n) is 1.53. The first-order chi connectivity index (χ1) is 9.28. The van der Waals surface area contributed by atoms with Gasteiger partial charge in [-0.05, 0) is 19.1 Å². The van der Waals surface area contributed by atoms with Gasteiger partial charge < -0.3 is 19.6 Å². The molecule has 0 aliphatic carbocycles. The van der Waals surface area contributed by atoms with Crippen LogP contribution in [0.1, 0.15) is 17.5 Å². The summed E-state index contributed by atoms with van der Waals surface area (Å²) in [5.74, 6) is 2.82. The van der Waals surface area contributed by atoms with Gasteiger partial charge in [-0.3, -0.25) is 4.99 Å². The molecule has 2 aromatic heterocycles. The topological polar surface area (TPSA) is 88.5 Å². The zero-order valence-corrected chi connectivity index (χ0v) is 13.8. The maximum Gasteiger partial charge on any atom is 0.228 e. The SMILES string of the molecule is CN=C(NCCc1nc(C)no1)NCc1ccco1.I. The maximum absolute atomic E-state index is 5.23. The molecule has 0 spiro atoms. The highest BCUT2D eigenvalue weighted by Gasteiger charge is 2.03. The van der Waals surface area contributed by atoms with Crippen molar-refractivity contribution < 1.29 is 8.94 Å². The molecule has 0 saturated heterocycles. The standard InChI is InChI=1S/C12H17N5O2.HI/c1-9-16-11(19-17-9)5-6-14-12(13-2)15-8-10-4-3-7-18-10;/h3-4,7H,5-6,8H2,1-2H3,(H2,13,14,15);1H. The number of aryl methyl sites for hydroxylation is 1. The first-order valence-electron chi connectivity index (χ1n) is 6.04. The highest BCUT2D eigenvalue weighted by atomic mass is 127. The Morgan fingerprint density at radius 2 is 2.25 bits per heavy atom. The Bertz CT molecular complexity index is 524. The van der Waals surface area contributed by atoms with Crippen molar-refractivity contribution >= 4 is 29.9 Å². The largest absolute Gasteiger partial charge is 0.467 e. The molecule has 2 heterocycles. The first-order valence-corrected chi connectivity index (χ1v) is 6.04. The van der Waals surface area contributed by atoms with Gasteiger partial charge >= 0.3 is 0 Å². The number of hydrogen-bond acceptors (Lipinski definition) is 5. The van der Waals surface area contributed by atoms with Gasteiger partial charge in [0.2, 0.25) is 5.89 Å². The summed E-state index contributed by atoms with van der Waals surface area (Å²) in [6.45, 7) is 3.05. The van der Waals surface area contributed by atoms with Gasteiger partial charge in [0.25, 0.3) is 0 Å². The third kappa shape index (κ3) is 5.19. The highest BCUT2D eigenvalue weighted by molar-refractivity contribution is 14.0. The smallest absolute Gasteiger partial charge is 0.228 e. The van der Waals surface area contributed by atoms with E-state index in [2.05, 4.69) is 25.8 Å². The zero-order chi connectivity index (χ0) is 13.5. The van der Waals surface area contributed by atoms with Crippen molar-refractivity contribution in [1.82, 2.24) is 20.8 Å². The minimum atomic E-state index is 0. The van der Waals surface area contributed by atoms with Crippen molar-refractivity contribution in [3.8, 4) is 0 Å². The lowest BCUT2D eigenvalue weighted by Gasteiger charge is -2.09. The van der Waals surface area contributed by atoms with E-state index in [-0.39, 0.29) is 24.0 Å². The molecule has 7 nitrogen and oxygen atoms in total. The van der Waals surface area contributed by atoms with Crippen LogP contribution in [0.3, 0.4) is 0 Å². The lowest BCUT2D eigenvalue weighted by molar-refractivity contribution is 0.374. The summed E-state index contributed by atoms with van der Waals surface area (Å²) in [6.07, 6.45) is 2.30. The van der Waals surface area contributed by atoms with Crippen LogP contribution >= 0.6 is 24.0 Å². The predicted octanol–water partition coefficient (Wildman–Crippen LogP) is 1.50. The molecule has 0 saturated carbocycles. The Balaban J connectivity index is 0.00000200. The number of halogens is 1. The summed E-state index contributed by atoms with van der Waals surface area (Å²) in [7, 11) is 1.72. The number of rotatable bonds is 5. The third-order valence-electron chi connectivity index (χ3n) is 2.43.